The van der Waals surface area contributed by atoms with Gasteiger partial charge in [-0.15, -0.1) is 0 Å². The summed E-state index contributed by atoms with van der Waals surface area (Å²) in [5, 5.41) is 4.54. The van der Waals surface area contributed by atoms with Crippen LogP contribution in [-0.4, -0.2) is 29.9 Å². The lowest BCUT2D eigenvalue weighted by molar-refractivity contribution is 1.03. The number of benzene rings is 8. The number of hydrogen-bond acceptors (Lipinski definition) is 6. The summed E-state index contributed by atoms with van der Waals surface area (Å²) in [6.07, 6.45) is 7.56. The van der Waals surface area contributed by atoms with Crippen molar-refractivity contribution in [2.24, 2.45) is 0 Å². The fourth-order valence-electron chi connectivity index (χ4n) is 7.85. The van der Waals surface area contributed by atoms with E-state index in [1.165, 1.54) is 0 Å². The van der Waals surface area contributed by atoms with Gasteiger partial charge in [0, 0.05) is 27.8 Å². The molecule has 0 unspecified atom stereocenters. The van der Waals surface area contributed by atoms with Gasteiger partial charge in [0.2, 0.25) is 0 Å². The molecule has 0 amide bonds. The second-order valence-corrected chi connectivity index (χ2v) is 15.2. The zero-order valence-electron chi connectivity index (χ0n) is 34.6. The Hall–Kier alpha value is -8.48. The van der Waals surface area contributed by atoms with E-state index in [1.54, 1.807) is 6.08 Å². The molecule has 2 aromatic heterocycles. The van der Waals surface area contributed by atoms with Gasteiger partial charge in [-0.3, -0.25) is 0 Å². The summed E-state index contributed by atoms with van der Waals surface area (Å²) in [5.41, 5.74) is 9.97. The van der Waals surface area contributed by atoms with Gasteiger partial charge in [0.15, 0.2) is 34.9 Å². The minimum atomic E-state index is 0.615. The molecular weight excluding hydrogens is 769 g/mol. The van der Waals surface area contributed by atoms with E-state index in [2.05, 4.69) is 134 Å². The minimum absolute atomic E-state index is 0.615. The van der Waals surface area contributed by atoms with E-state index in [-0.39, 0.29) is 0 Å². The molecule has 10 aromatic rings. The first-order valence-electron chi connectivity index (χ1n) is 20.9. The van der Waals surface area contributed by atoms with E-state index in [9.17, 15) is 0 Å². The second-order valence-electron chi connectivity index (χ2n) is 15.2. The lowest BCUT2D eigenvalue weighted by Crippen LogP contribution is -2.01. The second kappa shape index (κ2) is 17.2. The maximum Gasteiger partial charge on any atom is 0.164 e. The maximum atomic E-state index is 5.12. The van der Waals surface area contributed by atoms with Gasteiger partial charge in [-0.1, -0.05) is 207 Å². The van der Waals surface area contributed by atoms with Crippen LogP contribution in [0.15, 0.2) is 219 Å². The molecule has 8 aromatic carbocycles. The Bertz CT molecular complexity index is 3350. The molecule has 63 heavy (non-hydrogen) atoms. The highest BCUT2D eigenvalue weighted by molar-refractivity contribution is 5.99. The number of aromatic nitrogens is 6. The van der Waals surface area contributed by atoms with Crippen molar-refractivity contribution in [3.8, 4) is 79.2 Å². The average molecular weight is 809 g/mol. The zero-order chi connectivity index (χ0) is 42.5. The molecule has 0 fully saturated rings. The van der Waals surface area contributed by atoms with Crippen LogP contribution in [0, 0.1) is 0 Å². The Morgan fingerprint density at radius 2 is 0.841 bits per heavy atom. The molecule has 2 heterocycles. The van der Waals surface area contributed by atoms with Crippen LogP contribution < -0.4 is 0 Å². The van der Waals surface area contributed by atoms with Gasteiger partial charge in [-0.05, 0) is 68.4 Å². The molecule has 0 spiro atoms. The van der Waals surface area contributed by atoms with Gasteiger partial charge in [0.05, 0.1) is 0 Å². The van der Waals surface area contributed by atoms with E-state index >= 15 is 0 Å². The predicted octanol–water partition coefficient (Wildman–Crippen LogP) is 14.2. The van der Waals surface area contributed by atoms with Gasteiger partial charge in [0.1, 0.15) is 0 Å². The summed E-state index contributed by atoms with van der Waals surface area (Å²) < 4.78 is 0. The third-order valence-electron chi connectivity index (χ3n) is 11.1. The average Bonchev–Trinajstić information content (AvgIpc) is 3.36. The van der Waals surface area contributed by atoms with Crippen molar-refractivity contribution in [1.29, 1.82) is 0 Å². The Morgan fingerprint density at radius 3 is 1.54 bits per heavy atom. The molecule has 0 saturated heterocycles. The van der Waals surface area contributed by atoms with Gasteiger partial charge < -0.3 is 0 Å². The Morgan fingerprint density at radius 1 is 0.365 bits per heavy atom. The summed E-state index contributed by atoms with van der Waals surface area (Å²) in [4.78, 5) is 29.9. The summed E-state index contributed by atoms with van der Waals surface area (Å²) in [6.45, 7) is 5.79. The molecule has 6 nitrogen and oxygen atoms in total. The van der Waals surface area contributed by atoms with Crippen LogP contribution in [0.2, 0.25) is 0 Å². The molecule has 0 atom stereocenters. The first kappa shape index (κ1) is 38.7. The highest BCUT2D eigenvalue weighted by Gasteiger charge is 2.16. The van der Waals surface area contributed by atoms with Crippen molar-refractivity contribution in [2.75, 3.05) is 0 Å². The third-order valence-corrected chi connectivity index (χ3v) is 11.1. The Balaban J connectivity index is 1.01. The first-order valence-corrected chi connectivity index (χ1v) is 20.9. The van der Waals surface area contributed by atoms with Gasteiger partial charge in [0.25, 0.3) is 0 Å². The van der Waals surface area contributed by atoms with E-state index in [0.29, 0.717) is 34.9 Å². The highest BCUT2D eigenvalue weighted by atomic mass is 15.0. The van der Waals surface area contributed by atoms with Crippen LogP contribution in [0.4, 0.5) is 0 Å². The smallest absolute Gasteiger partial charge is 0.164 e. The fraction of sp³-hybridized carbons (Fsp3) is 0.0175. The molecule has 0 aliphatic carbocycles. The maximum absolute atomic E-state index is 5.12. The topological polar surface area (TPSA) is 77.3 Å². The number of hydrogen-bond donors (Lipinski definition) is 0. The largest absolute Gasteiger partial charge is 0.209 e. The van der Waals surface area contributed by atoms with Gasteiger partial charge in [-0.2, -0.15) is 0 Å². The van der Waals surface area contributed by atoms with Crippen molar-refractivity contribution >= 4 is 27.1 Å². The molecule has 0 radical (unpaired) electrons. The van der Waals surface area contributed by atoms with Crippen molar-refractivity contribution in [2.45, 2.75) is 6.92 Å². The van der Waals surface area contributed by atoms with Crippen LogP contribution in [0.25, 0.3) is 106 Å². The van der Waals surface area contributed by atoms with Crippen LogP contribution in [0.3, 0.4) is 0 Å². The molecule has 6 heteroatoms. The van der Waals surface area contributed by atoms with E-state index in [1.807, 2.05) is 85.8 Å². The molecule has 0 aliphatic heterocycles. The van der Waals surface area contributed by atoms with Crippen molar-refractivity contribution in [3.05, 3.63) is 225 Å². The van der Waals surface area contributed by atoms with Crippen LogP contribution in [0.5, 0.6) is 0 Å². The fourth-order valence-corrected chi connectivity index (χ4v) is 7.85. The number of allylic oxidation sites excluding steroid dienone is 5. The Kier molecular flexibility index (Phi) is 10.6. The van der Waals surface area contributed by atoms with Gasteiger partial charge in [-0.25, -0.2) is 29.9 Å². The SMILES string of the molecule is C=C/C=C\C=C(/C)c1nc(-c2ccccc2)nc(-c2ccc(-c3cccc4ccc(-c5cccc(-c6nc(-c7ccccc7)nc(-c7cccc8ccccc78)n6)c5)cc34)cc2)n1. The molecule has 0 N–H and O–H groups in total. The molecule has 10 rings (SSSR count). The molecule has 0 bridgehead atoms. The van der Waals surface area contributed by atoms with Crippen molar-refractivity contribution < 1.29 is 0 Å². The van der Waals surface area contributed by atoms with Gasteiger partial charge >= 0.3 is 0 Å². The van der Waals surface area contributed by atoms with E-state index in [0.717, 1.165) is 77.2 Å². The van der Waals surface area contributed by atoms with Crippen LogP contribution in [-0.2, 0) is 0 Å². The third kappa shape index (κ3) is 8.09. The number of fused-ring (bicyclic) bond motifs is 2. The molecular formula is C57H40N6. The molecule has 0 saturated carbocycles. The normalized spacial score (nSPS) is 11.7. The quantitative estimate of drug-likeness (QED) is 0.128. The summed E-state index contributed by atoms with van der Waals surface area (Å²) in [5.74, 6) is 3.75. The Labute approximate surface area is 366 Å². The van der Waals surface area contributed by atoms with Crippen LogP contribution in [0.1, 0.15) is 12.7 Å². The van der Waals surface area contributed by atoms with Crippen LogP contribution >= 0.6 is 0 Å². The summed E-state index contributed by atoms with van der Waals surface area (Å²) in [7, 11) is 0. The lowest BCUT2D eigenvalue weighted by atomic mass is 9.94. The molecule has 0 aliphatic rings. The highest BCUT2D eigenvalue weighted by Crippen LogP contribution is 2.36. The van der Waals surface area contributed by atoms with Crippen molar-refractivity contribution in [3.63, 3.8) is 0 Å². The lowest BCUT2D eigenvalue weighted by Gasteiger charge is -2.12. The summed E-state index contributed by atoms with van der Waals surface area (Å²) in [6, 6.07) is 64.8. The number of rotatable bonds is 10. The van der Waals surface area contributed by atoms with Crippen molar-refractivity contribution in [1.82, 2.24) is 29.9 Å². The zero-order valence-corrected chi connectivity index (χ0v) is 34.6. The minimum Gasteiger partial charge on any atom is -0.209 e. The predicted molar refractivity (Wildman–Crippen MR) is 259 cm³/mol. The standard InChI is InChI=1S/C57H40N6/c1-3-4-7-17-38(2)52-58-53(42-19-8-5-9-20-42)60-55(59-52)44-33-30-41(31-34-44)49-28-15-24-40-32-35-46(37-51(40)49)45-25-14-26-47(36-45)56-61-54(43-21-10-6-11-22-43)62-57(63-56)50-29-16-23-39-18-12-13-27-48(39)50/h3-37H,1H2,2H3/b7-4-,38-17+. The summed E-state index contributed by atoms with van der Waals surface area (Å²) >= 11 is 0. The monoisotopic (exact) mass is 808 g/mol. The first-order chi connectivity index (χ1) is 31.1. The van der Waals surface area contributed by atoms with E-state index < -0.39 is 0 Å². The van der Waals surface area contributed by atoms with E-state index in [4.69, 9.17) is 29.9 Å². The number of nitrogens with zero attached hydrogens (tertiary/aromatic N) is 6. The molecule has 298 valence electrons.